The Morgan fingerprint density at radius 2 is 1.74 bits per heavy atom. The van der Waals surface area contributed by atoms with E-state index in [4.69, 9.17) is 9.26 Å². The summed E-state index contributed by atoms with van der Waals surface area (Å²) in [4.78, 5) is 0. The fraction of sp³-hybridized carbons (Fsp3) is 0.0625. The minimum atomic E-state index is -3.82. The maximum atomic E-state index is 12.3. The zero-order valence-electron chi connectivity index (χ0n) is 12.3. The van der Waals surface area contributed by atoms with E-state index in [1.54, 1.807) is 61.7 Å². The molecule has 3 aromatic rings. The average molecular weight is 330 g/mol. The van der Waals surface area contributed by atoms with Gasteiger partial charge in [-0.2, -0.15) is 8.42 Å². The standard InChI is InChI=1S/C16H14N2O4S/c1-21-14-9-7-12(8-10-14)15-11-16(22-17-15)23(19,20)18-13-5-3-2-4-6-13/h2-11,18H,1H3. The van der Waals surface area contributed by atoms with Gasteiger partial charge in [0.2, 0.25) is 0 Å². The van der Waals surface area contributed by atoms with E-state index >= 15 is 0 Å². The van der Waals surface area contributed by atoms with Crippen molar-refractivity contribution in [1.82, 2.24) is 5.16 Å². The molecule has 0 bridgehead atoms. The normalized spacial score (nSPS) is 11.2. The van der Waals surface area contributed by atoms with Crippen LogP contribution in [-0.4, -0.2) is 20.7 Å². The molecule has 0 atom stereocenters. The van der Waals surface area contributed by atoms with Crippen LogP contribution in [0.25, 0.3) is 11.3 Å². The molecule has 1 heterocycles. The lowest BCUT2D eigenvalue weighted by Gasteiger charge is -2.03. The van der Waals surface area contributed by atoms with E-state index < -0.39 is 10.0 Å². The summed E-state index contributed by atoms with van der Waals surface area (Å²) < 4.78 is 37.1. The zero-order valence-corrected chi connectivity index (χ0v) is 13.1. The van der Waals surface area contributed by atoms with Crippen LogP contribution >= 0.6 is 0 Å². The van der Waals surface area contributed by atoms with Gasteiger partial charge >= 0.3 is 0 Å². The molecular formula is C16H14N2O4S. The molecule has 1 aromatic heterocycles. The molecule has 7 heteroatoms. The quantitative estimate of drug-likeness (QED) is 0.777. The van der Waals surface area contributed by atoms with Crippen molar-refractivity contribution >= 4 is 15.7 Å². The Bertz CT molecular complexity index is 887. The molecule has 6 nitrogen and oxygen atoms in total. The maximum Gasteiger partial charge on any atom is 0.298 e. The number of methoxy groups -OCH3 is 1. The molecule has 0 saturated heterocycles. The van der Waals surface area contributed by atoms with Gasteiger partial charge in [-0.25, -0.2) is 0 Å². The number of aromatic nitrogens is 1. The third kappa shape index (κ3) is 3.35. The van der Waals surface area contributed by atoms with Gasteiger partial charge in [0.25, 0.3) is 15.1 Å². The first kappa shape index (κ1) is 15.1. The second-order valence-electron chi connectivity index (χ2n) is 4.73. The Labute approximate surface area is 133 Å². The van der Waals surface area contributed by atoms with Gasteiger partial charge in [0, 0.05) is 17.3 Å². The number of nitrogens with zero attached hydrogens (tertiary/aromatic N) is 1. The number of para-hydroxylation sites is 1. The second-order valence-corrected chi connectivity index (χ2v) is 6.34. The first-order valence-corrected chi connectivity index (χ1v) is 8.26. The number of nitrogens with one attached hydrogen (secondary N) is 1. The zero-order chi connectivity index (χ0) is 16.3. The van der Waals surface area contributed by atoms with Crippen molar-refractivity contribution in [3.63, 3.8) is 0 Å². The molecule has 0 saturated carbocycles. The van der Waals surface area contributed by atoms with E-state index in [0.29, 0.717) is 17.1 Å². The lowest BCUT2D eigenvalue weighted by molar-refractivity contribution is 0.341. The van der Waals surface area contributed by atoms with Crippen LogP contribution in [0.5, 0.6) is 5.75 Å². The monoisotopic (exact) mass is 330 g/mol. The summed E-state index contributed by atoms with van der Waals surface area (Å²) in [7, 11) is -2.24. The first-order valence-electron chi connectivity index (χ1n) is 6.77. The summed E-state index contributed by atoms with van der Waals surface area (Å²) in [5, 5.41) is 3.57. The summed E-state index contributed by atoms with van der Waals surface area (Å²) in [5.41, 5.74) is 1.62. The first-order chi connectivity index (χ1) is 11.1. The number of hydrogen-bond acceptors (Lipinski definition) is 5. The van der Waals surface area contributed by atoms with Crippen LogP contribution in [0.4, 0.5) is 5.69 Å². The number of ether oxygens (including phenoxy) is 1. The van der Waals surface area contributed by atoms with Gasteiger partial charge in [-0.1, -0.05) is 23.4 Å². The van der Waals surface area contributed by atoms with Crippen LogP contribution in [0.2, 0.25) is 0 Å². The van der Waals surface area contributed by atoms with Crippen molar-refractivity contribution in [2.45, 2.75) is 5.09 Å². The summed E-state index contributed by atoms with van der Waals surface area (Å²) in [6.45, 7) is 0. The van der Waals surface area contributed by atoms with Gasteiger partial charge in [0.05, 0.1) is 7.11 Å². The fourth-order valence-electron chi connectivity index (χ4n) is 1.99. The lowest BCUT2D eigenvalue weighted by Crippen LogP contribution is -2.11. The Kier molecular flexibility index (Phi) is 4.03. The number of sulfonamides is 1. The largest absolute Gasteiger partial charge is 0.497 e. The lowest BCUT2D eigenvalue weighted by atomic mass is 10.1. The van der Waals surface area contributed by atoms with Gasteiger partial charge in [0.15, 0.2) is 0 Å². The molecule has 3 rings (SSSR count). The molecule has 2 aromatic carbocycles. The predicted octanol–water partition coefficient (Wildman–Crippen LogP) is 3.15. The van der Waals surface area contributed by atoms with Crippen molar-refractivity contribution in [2.24, 2.45) is 0 Å². The van der Waals surface area contributed by atoms with E-state index in [1.165, 1.54) is 6.07 Å². The van der Waals surface area contributed by atoms with Gasteiger partial charge < -0.3 is 9.26 Å². The minimum absolute atomic E-state index is 0.243. The SMILES string of the molecule is COc1ccc(-c2cc(S(=O)(=O)Nc3ccccc3)on2)cc1. The van der Waals surface area contributed by atoms with Crippen molar-refractivity contribution < 1.29 is 17.7 Å². The molecule has 1 N–H and O–H groups in total. The number of anilines is 1. The molecule has 118 valence electrons. The summed E-state index contributed by atoms with van der Waals surface area (Å²) >= 11 is 0. The highest BCUT2D eigenvalue weighted by atomic mass is 32.2. The molecule has 0 aliphatic rings. The summed E-state index contributed by atoms with van der Waals surface area (Å²) in [6, 6.07) is 17.0. The van der Waals surface area contributed by atoms with E-state index in [9.17, 15) is 8.42 Å². The second kappa shape index (κ2) is 6.13. The van der Waals surface area contributed by atoms with E-state index in [2.05, 4.69) is 9.88 Å². The minimum Gasteiger partial charge on any atom is -0.497 e. The number of benzene rings is 2. The molecule has 0 aliphatic carbocycles. The molecule has 23 heavy (non-hydrogen) atoms. The Balaban J connectivity index is 1.85. The topological polar surface area (TPSA) is 81.4 Å². The molecular weight excluding hydrogens is 316 g/mol. The van der Waals surface area contributed by atoms with Crippen LogP contribution in [0.3, 0.4) is 0 Å². The van der Waals surface area contributed by atoms with Crippen LogP contribution < -0.4 is 9.46 Å². The third-order valence-corrected chi connectivity index (χ3v) is 4.39. The maximum absolute atomic E-state index is 12.3. The van der Waals surface area contributed by atoms with Crippen LogP contribution in [0.15, 0.2) is 70.3 Å². The highest BCUT2D eigenvalue weighted by molar-refractivity contribution is 7.92. The predicted molar refractivity (Wildman–Crippen MR) is 85.7 cm³/mol. The molecule has 0 aliphatic heterocycles. The van der Waals surface area contributed by atoms with E-state index in [1.807, 2.05) is 0 Å². The van der Waals surface area contributed by atoms with Gasteiger partial charge in [-0.05, 0) is 36.4 Å². The van der Waals surface area contributed by atoms with E-state index in [0.717, 1.165) is 5.56 Å². The average Bonchev–Trinajstić information content (AvgIpc) is 3.06. The highest BCUT2D eigenvalue weighted by Gasteiger charge is 2.21. The fourth-order valence-corrected chi connectivity index (χ4v) is 2.94. The van der Waals surface area contributed by atoms with Crippen LogP contribution in [-0.2, 0) is 10.0 Å². The van der Waals surface area contributed by atoms with Gasteiger partial charge in [-0.3, -0.25) is 4.72 Å². The van der Waals surface area contributed by atoms with Crippen molar-refractivity contribution in [3.05, 3.63) is 60.7 Å². The molecule has 0 fully saturated rings. The Morgan fingerprint density at radius 1 is 1.04 bits per heavy atom. The Hall–Kier alpha value is -2.80. The molecule has 0 radical (unpaired) electrons. The molecule has 0 spiro atoms. The summed E-state index contributed by atoms with van der Waals surface area (Å²) in [6.07, 6.45) is 0. The van der Waals surface area contributed by atoms with Crippen molar-refractivity contribution in [2.75, 3.05) is 11.8 Å². The van der Waals surface area contributed by atoms with Crippen molar-refractivity contribution in [1.29, 1.82) is 0 Å². The molecule has 0 amide bonds. The molecule has 0 unspecified atom stereocenters. The van der Waals surface area contributed by atoms with E-state index in [-0.39, 0.29) is 5.09 Å². The van der Waals surface area contributed by atoms with Crippen LogP contribution in [0, 0.1) is 0 Å². The van der Waals surface area contributed by atoms with Crippen LogP contribution in [0.1, 0.15) is 0 Å². The van der Waals surface area contributed by atoms with Gasteiger partial charge in [-0.15, -0.1) is 0 Å². The summed E-state index contributed by atoms with van der Waals surface area (Å²) in [5.74, 6) is 0.704. The highest BCUT2D eigenvalue weighted by Crippen LogP contribution is 2.24. The van der Waals surface area contributed by atoms with Gasteiger partial charge in [0.1, 0.15) is 11.4 Å². The Morgan fingerprint density at radius 3 is 2.39 bits per heavy atom. The van der Waals surface area contributed by atoms with Crippen molar-refractivity contribution in [3.8, 4) is 17.0 Å². The number of rotatable bonds is 5. The number of hydrogen-bond donors (Lipinski definition) is 1. The smallest absolute Gasteiger partial charge is 0.298 e. The third-order valence-electron chi connectivity index (χ3n) is 3.17.